The molecule has 15 rings (SSSR count). The second-order valence-electron chi connectivity index (χ2n) is 21.8. The molecular weight excluding hydrogens is 953 g/mol. The van der Waals surface area contributed by atoms with Crippen molar-refractivity contribution in [2.75, 3.05) is 9.80 Å². The van der Waals surface area contributed by atoms with Gasteiger partial charge in [0.1, 0.15) is 0 Å². The second kappa shape index (κ2) is 18.2. The summed E-state index contributed by atoms with van der Waals surface area (Å²) in [6, 6.07) is 113. The highest BCUT2D eigenvalue weighted by molar-refractivity contribution is 5.98. The Balaban J connectivity index is 1.00. The van der Waals surface area contributed by atoms with E-state index in [9.17, 15) is 0 Å². The highest BCUT2D eigenvalue weighted by Gasteiger charge is 2.52. The van der Waals surface area contributed by atoms with Gasteiger partial charge >= 0.3 is 0 Å². The van der Waals surface area contributed by atoms with E-state index in [2.05, 4.69) is 327 Å². The van der Waals surface area contributed by atoms with E-state index in [-0.39, 0.29) is 0 Å². The summed E-state index contributed by atoms with van der Waals surface area (Å²) in [6.07, 6.45) is 0. The lowest BCUT2D eigenvalue weighted by molar-refractivity contribution is 0.712. The summed E-state index contributed by atoms with van der Waals surface area (Å²) in [5.74, 6) is 0. The lowest BCUT2D eigenvalue weighted by Gasteiger charge is -2.35. The van der Waals surface area contributed by atoms with Crippen LogP contribution >= 0.6 is 0 Å². The van der Waals surface area contributed by atoms with Crippen LogP contribution in [0.15, 0.2) is 303 Å². The van der Waals surface area contributed by atoms with Gasteiger partial charge in [-0.2, -0.15) is 0 Å². The number of benzene rings is 12. The summed E-state index contributed by atoms with van der Waals surface area (Å²) in [6.45, 7) is 4.93. The van der Waals surface area contributed by atoms with Crippen LogP contribution in [0.2, 0.25) is 0 Å². The Morgan fingerprint density at radius 1 is 0.203 bits per heavy atom. The largest absolute Gasteiger partial charge is 0.310 e. The van der Waals surface area contributed by atoms with Gasteiger partial charge in [-0.15, -0.1) is 0 Å². The molecule has 12 aromatic carbocycles. The van der Waals surface area contributed by atoms with Crippen LogP contribution in [0.5, 0.6) is 0 Å². The third kappa shape index (κ3) is 6.90. The SMILES string of the molecule is CC1(c2ccccc2)c2cc(N(c3ccccc3)c3ccccc3)ccc2-c2cc3c(cc21)-c1cc2c(cc1C3(c1ccccc1)c1ccccc1)-c1ccc(N(c3ccccc3)c3ccccc3)cc1C2(C)c1ccccc1. The fourth-order valence-electron chi connectivity index (χ4n) is 14.1. The maximum absolute atomic E-state index is 2.61. The molecule has 2 unspecified atom stereocenters. The van der Waals surface area contributed by atoms with E-state index in [0.717, 1.165) is 34.1 Å². The number of nitrogens with zero attached hydrogens (tertiary/aromatic N) is 2. The highest BCUT2D eigenvalue weighted by atomic mass is 15.1. The first-order chi connectivity index (χ1) is 39.0. The number of hydrogen-bond donors (Lipinski definition) is 0. The molecule has 0 bridgehead atoms. The minimum Gasteiger partial charge on any atom is -0.310 e. The predicted octanol–water partition coefficient (Wildman–Crippen LogP) is 19.7. The summed E-state index contributed by atoms with van der Waals surface area (Å²) >= 11 is 0. The van der Waals surface area contributed by atoms with Gasteiger partial charge in [0.25, 0.3) is 0 Å². The molecule has 0 N–H and O–H groups in total. The molecule has 0 radical (unpaired) electrons. The number of hydrogen-bond acceptors (Lipinski definition) is 2. The standard InChI is InChI=1S/C77H56N2/c1-75(53-27-11-3-12-28-53)69-47-61(78(57-35-19-7-20-36-57)58-37-21-8-22-38-58)43-45-63(69)65-51-73-67(49-71(65)75)68-50-72-66(52-74(68)77(73,55-31-15-5-16-32-55)56-33-17-6-18-34-56)64-46-44-62(48-70(64)76(72,2)54-29-13-4-14-30-54)79(59-39-23-9-24-40-59)60-41-25-10-26-42-60/h3-52H,1-2H3. The number of rotatable bonds is 10. The van der Waals surface area contributed by atoms with Gasteiger partial charge in [0.2, 0.25) is 0 Å². The maximum atomic E-state index is 2.61. The summed E-state index contributed by atoms with van der Waals surface area (Å²) in [5.41, 5.74) is 25.6. The lowest BCUT2D eigenvalue weighted by Crippen LogP contribution is -2.29. The van der Waals surface area contributed by atoms with Gasteiger partial charge in [-0.3, -0.25) is 0 Å². The lowest BCUT2D eigenvalue weighted by atomic mass is 9.66. The molecule has 12 aromatic rings. The van der Waals surface area contributed by atoms with E-state index in [4.69, 9.17) is 0 Å². The minimum absolute atomic E-state index is 0.494. The van der Waals surface area contributed by atoms with Gasteiger partial charge in [0.15, 0.2) is 0 Å². The Morgan fingerprint density at radius 2 is 0.443 bits per heavy atom. The zero-order chi connectivity index (χ0) is 52.7. The Labute approximate surface area is 463 Å². The van der Waals surface area contributed by atoms with Gasteiger partial charge in [-0.1, -0.05) is 206 Å². The third-order valence-corrected chi connectivity index (χ3v) is 17.8. The molecule has 374 valence electrons. The Hall–Kier alpha value is -9.76. The van der Waals surface area contributed by atoms with Crippen LogP contribution in [-0.2, 0) is 16.2 Å². The number of anilines is 6. The van der Waals surface area contributed by atoms with Gasteiger partial charge in [0.05, 0.1) is 5.41 Å². The molecule has 0 fully saturated rings. The van der Waals surface area contributed by atoms with Crippen LogP contribution in [0.25, 0.3) is 33.4 Å². The third-order valence-electron chi connectivity index (χ3n) is 17.8. The molecule has 0 spiro atoms. The van der Waals surface area contributed by atoms with Gasteiger partial charge < -0.3 is 9.80 Å². The average Bonchev–Trinajstić information content (AvgIpc) is 3.98. The van der Waals surface area contributed by atoms with E-state index in [1.54, 1.807) is 0 Å². The minimum atomic E-state index is -0.649. The fraction of sp³-hybridized carbons (Fsp3) is 0.0649. The molecule has 0 aromatic heterocycles. The van der Waals surface area contributed by atoms with E-state index >= 15 is 0 Å². The zero-order valence-corrected chi connectivity index (χ0v) is 44.3. The van der Waals surface area contributed by atoms with Crippen molar-refractivity contribution < 1.29 is 0 Å². The zero-order valence-electron chi connectivity index (χ0n) is 44.3. The molecule has 79 heavy (non-hydrogen) atoms. The molecule has 0 saturated heterocycles. The normalized spacial score (nSPS) is 16.7. The average molecular weight is 1010 g/mol. The molecule has 0 heterocycles. The van der Waals surface area contributed by atoms with Crippen molar-refractivity contribution in [3.05, 3.63) is 359 Å². The molecular formula is C77H56N2. The van der Waals surface area contributed by atoms with Crippen LogP contribution in [0.1, 0.15) is 69.5 Å². The van der Waals surface area contributed by atoms with Gasteiger partial charge in [-0.05, 0) is 200 Å². The van der Waals surface area contributed by atoms with Crippen LogP contribution in [0.4, 0.5) is 34.1 Å². The summed E-state index contributed by atoms with van der Waals surface area (Å²) in [7, 11) is 0. The van der Waals surface area contributed by atoms with E-state index in [1.807, 2.05) is 0 Å². The molecule has 2 heteroatoms. The van der Waals surface area contributed by atoms with Crippen LogP contribution < -0.4 is 9.80 Å². The predicted molar refractivity (Wildman–Crippen MR) is 328 cm³/mol. The van der Waals surface area contributed by atoms with Gasteiger partial charge in [-0.25, -0.2) is 0 Å². The molecule has 3 aliphatic carbocycles. The fourth-order valence-corrected chi connectivity index (χ4v) is 14.1. The second-order valence-corrected chi connectivity index (χ2v) is 21.8. The first kappa shape index (κ1) is 46.5. The van der Waals surface area contributed by atoms with E-state index in [1.165, 1.54) is 89.0 Å². The Bertz CT molecular complexity index is 3880. The first-order valence-corrected chi connectivity index (χ1v) is 27.7. The molecule has 0 aliphatic heterocycles. The summed E-state index contributed by atoms with van der Waals surface area (Å²) < 4.78 is 0. The molecule has 2 nitrogen and oxygen atoms in total. The van der Waals surface area contributed by atoms with Crippen molar-refractivity contribution in [3.8, 4) is 33.4 Å². The van der Waals surface area contributed by atoms with E-state index in [0.29, 0.717) is 0 Å². The quantitative estimate of drug-likeness (QED) is 0.135. The Kier molecular flexibility index (Phi) is 10.7. The molecule has 2 atom stereocenters. The topological polar surface area (TPSA) is 6.48 Å². The summed E-state index contributed by atoms with van der Waals surface area (Å²) in [4.78, 5) is 4.79. The van der Waals surface area contributed by atoms with E-state index < -0.39 is 16.2 Å². The van der Waals surface area contributed by atoms with Crippen molar-refractivity contribution in [3.63, 3.8) is 0 Å². The molecule has 3 aliphatic rings. The van der Waals surface area contributed by atoms with Crippen molar-refractivity contribution in [2.45, 2.75) is 30.1 Å². The highest BCUT2D eigenvalue weighted by Crippen LogP contribution is 2.64. The van der Waals surface area contributed by atoms with Crippen molar-refractivity contribution in [1.29, 1.82) is 0 Å². The first-order valence-electron chi connectivity index (χ1n) is 27.7. The van der Waals surface area contributed by atoms with Crippen LogP contribution in [0, 0.1) is 0 Å². The van der Waals surface area contributed by atoms with Crippen molar-refractivity contribution in [2.24, 2.45) is 0 Å². The maximum Gasteiger partial charge on any atom is 0.0714 e. The van der Waals surface area contributed by atoms with Crippen LogP contribution in [0.3, 0.4) is 0 Å². The number of para-hydroxylation sites is 4. The smallest absolute Gasteiger partial charge is 0.0714 e. The van der Waals surface area contributed by atoms with Crippen molar-refractivity contribution >= 4 is 34.1 Å². The molecule has 0 amide bonds. The number of fused-ring (bicyclic) bond motifs is 9. The monoisotopic (exact) mass is 1010 g/mol. The Morgan fingerprint density at radius 3 is 0.747 bits per heavy atom. The van der Waals surface area contributed by atoms with Crippen molar-refractivity contribution in [1.82, 2.24) is 0 Å². The summed E-state index contributed by atoms with van der Waals surface area (Å²) in [5, 5.41) is 0. The van der Waals surface area contributed by atoms with Crippen LogP contribution in [-0.4, -0.2) is 0 Å². The molecule has 0 saturated carbocycles. The van der Waals surface area contributed by atoms with Gasteiger partial charge in [0, 0.05) is 45.0 Å².